The molecule has 0 unspecified atom stereocenters. The smallest absolute Gasteiger partial charge is 0.235 e. The van der Waals surface area contributed by atoms with Crippen molar-refractivity contribution in [1.82, 2.24) is 5.32 Å². The molecule has 0 rings (SSSR count). The van der Waals surface area contributed by atoms with Gasteiger partial charge in [-0.2, -0.15) is 0 Å². The average Bonchev–Trinajstić information content (AvgIpc) is 1.68. The molecule has 1 amide bonds. The molecule has 0 bridgehead atoms. The van der Waals surface area contributed by atoms with E-state index in [2.05, 4.69) is 5.32 Å². The van der Waals surface area contributed by atoms with Crippen molar-refractivity contribution in [2.24, 2.45) is 0 Å². The molecule has 0 atom stereocenters. The highest BCUT2D eigenvalue weighted by Crippen LogP contribution is 1.73. The van der Waals surface area contributed by atoms with Gasteiger partial charge in [0.15, 0.2) is 0 Å². The van der Waals surface area contributed by atoms with Gasteiger partial charge in [-0.3, -0.25) is 4.79 Å². The van der Waals surface area contributed by atoms with Gasteiger partial charge in [-0.15, -0.1) is 23.2 Å². The Hall–Kier alpha value is 0.0500. The van der Waals surface area contributed by atoms with Gasteiger partial charge in [-0.1, -0.05) is 0 Å². The highest BCUT2D eigenvalue weighted by Gasteiger charge is 1.91. The lowest BCUT2D eigenvalue weighted by Crippen LogP contribution is -2.22. The molecule has 0 aromatic heterocycles. The Balaban J connectivity index is 3.00. The summed E-state index contributed by atoms with van der Waals surface area (Å²) in [5, 5.41) is 2.29. The molecular weight excluding hydrogens is 137 g/mol. The Bertz CT molecular complexity index is 66.0. The first-order chi connectivity index (χ1) is 3.31. The van der Waals surface area contributed by atoms with E-state index in [4.69, 9.17) is 23.2 Å². The fourth-order valence-electron chi connectivity index (χ4n) is 0.122. The lowest BCUT2D eigenvalue weighted by Gasteiger charge is -1.91. The van der Waals surface area contributed by atoms with Crippen LogP contribution in [0.15, 0.2) is 0 Å². The molecule has 7 heavy (non-hydrogen) atoms. The maximum absolute atomic E-state index is 10.1. The Kier molecular flexibility index (Phi) is 4.25. The highest BCUT2D eigenvalue weighted by atomic mass is 35.5. The van der Waals surface area contributed by atoms with Gasteiger partial charge < -0.3 is 5.32 Å². The Labute approximate surface area is 51.8 Å². The predicted molar refractivity (Wildman–Crippen MR) is 29.6 cm³/mol. The summed E-state index contributed by atoms with van der Waals surface area (Å²) in [6.45, 7) is 0. The summed E-state index contributed by atoms with van der Waals surface area (Å²) in [6, 6.07) is 0.131. The van der Waals surface area contributed by atoms with Gasteiger partial charge in [-0.05, 0) is 0 Å². The van der Waals surface area contributed by atoms with E-state index in [0.717, 1.165) is 0 Å². The van der Waals surface area contributed by atoms with Crippen molar-refractivity contribution in [3.05, 3.63) is 0 Å². The zero-order chi connectivity index (χ0) is 5.70. The number of hydrogen-bond acceptors (Lipinski definition) is 1. The zero-order valence-electron chi connectivity index (χ0n) is 3.58. The maximum Gasteiger partial charge on any atom is 0.235 e. The highest BCUT2D eigenvalue weighted by molar-refractivity contribution is 6.28. The van der Waals surface area contributed by atoms with Crippen LogP contribution in [-0.2, 0) is 4.79 Å². The molecule has 0 saturated heterocycles. The molecule has 0 fully saturated rings. The Morgan fingerprint density at radius 2 is 2.14 bits per heavy atom. The molecule has 0 heterocycles. The lowest BCUT2D eigenvalue weighted by molar-refractivity contribution is -0.118. The van der Waals surface area contributed by atoms with E-state index >= 15 is 0 Å². The number of amides is 1. The molecule has 2 nitrogen and oxygen atoms in total. The summed E-state index contributed by atoms with van der Waals surface area (Å²) >= 11 is 10.1. The number of nitrogens with one attached hydrogen (secondary N) is 1. The Morgan fingerprint density at radius 3 is 2.29 bits per heavy atom. The SMILES string of the molecule is O=C(CCl)NCCl. The normalized spacial score (nSPS) is 8.29. The predicted octanol–water partition coefficient (Wildman–Crippen LogP) is 0.538. The molecule has 4 heteroatoms. The van der Waals surface area contributed by atoms with Crippen molar-refractivity contribution in [1.29, 1.82) is 0 Å². The largest absolute Gasteiger partial charge is 0.342 e. The van der Waals surface area contributed by atoms with Gasteiger partial charge in [0.2, 0.25) is 5.91 Å². The van der Waals surface area contributed by atoms with Gasteiger partial charge in [0, 0.05) is 0 Å². The van der Waals surface area contributed by atoms with Crippen LogP contribution in [-0.4, -0.2) is 17.8 Å². The second-order valence-corrected chi connectivity index (χ2v) is 1.40. The second kappa shape index (κ2) is 4.22. The van der Waals surface area contributed by atoms with Crippen LogP contribution in [0.25, 0.3) is 0 Å². The van der Waals surface area contributed by atoms with Crippen molar-refractivity contribution in [2.75, 3.05) is 11.9 Å². The minimum atomic E-state index is -0.239. The quantitative estimate of drug-likeness (QED) is 0.442. The van der Waals surface area contributed by atoms with Crippen molar-refractivity contribution in [3.8, 4) is 0 Å². The molecule has 0 aliphatic heterocycles. The average molecular weight is 142 g/mol. The van der Waals surface area contributed by atoms with Crippen LogP contribution in [0.2, 0.25) is 0 Å². The molecule has 0 aliphatic rings. The first kappa shape index (κ1) is 7.05. The van der Waals surface area contributed by atoms with Crippen molar-refractivity contribution in [2.45, 2.75) is 0 Å². The monoisotopic (exact) mass is 141 g/mol. The van der Waals surface area contributed by atoms with E-state index in [1.165, 1.54) is 0 Å². The summed E-state index contributed by atoms with van der Waals surface area (Å²) in [6.07, 6.45) is 0. The molecule has 0 radical (unpaired) electrons. The molecule has 0 saturated carbocycles. The number of alkyl halides is 2. The van der Waals surface area contributed by atoms with E-state index < -0.39 is 0 Å². The number of carbonyl (C=O) groups is 1. The van der Waals surface area contributed by atoms with Crippen molar-refractivity contribution >= 4 is 29.1 Å². The first-order valence-corrected chi connectivity index (χ1v) is 2.76. The van der Waals surface area contributed by atoms with Crippen LogP contribution in [0.4, 0.5) is 0 Å². The van der Waals surface area contributed by atoms with Gasteiger partial charge in [-0.25, -0.2) is 0 Å². The number of hydrogen-bond donors (Lipinski definition) is 1. The first-order valence-electron chi connectivity index (χ1n) is 1.70. The third-order valence-corrected chi connectivity index (χ3v) is 0.762. The van der Waals surface area contributed by atoms with Crippen molar-refractivity contribution < 1.29 is 4.79 Å². The Morgan fingerprint density at radius 1 is 1.57 bits per heavy atom. The van der Waals surface area contributed by atoms with Crippen LogP contribution in [0, 0.1) is 0 Å². The fraction of sp³-hybridized carbons (Fsp3) is 0.667. The van der Waals surface area contributed by atoms with Gasteiger partial charge >= 0.3 is 0 Å². The van der Waals surface area contributed by atoms with Gasteiger partial charge in [0.25, 0.3) is 0 Å². The van der Waals surface area contributed by atoms with Crippen LogP contribution in [0.1, 0.15) is 0 Å². The van der Waals surface area contributed by atoms with Crippen LogP contribution in [0.5, 0.6) is 0 Å². The molecule has 0 aliphatic carbocycles. The molecule has 1 N–H and O–H groups in total. The summed E-state index contributed by atoms with van der Waals surface area (Å²) in [7, 11) is 0. The summed E-state index contributed by atoms with van der Waals surface area (Å²) in [5.74, 6) is -0.260. The van der Waals surface area contributed by atoms with E-state index in [1.54, 1.807) is 0 Å². The molecule has 42 valence electrons. The molecule has 0 aromatic carbocycles. The van der Waals surface area contributed by atoms with E-state index in [9.17, 15) is 4.79 Å². The zero-order valence-corrected chi connectivity index (χ0v) is 5.09. The minimum absolute atomic E-state index is 0.0211. The molecule has 0 spiro atoms. The minimum Gasteiger partial charge on any atom is -0.342 e. The summed E-state index contributed by atoms with van der Waals surface area (Å²) in [5.41, 5.74) is 0. The topological polar surface area (TPSA) is 29.1 Å². The number of halogens is 2. The van der Waals surface area contributed by atoms with Crippen LogP contribution >= 0.6 is 23.2 Å². The molecule has 0 aromatic rings. The van der Waals surface area contributed by atoms with E-state index in [-0.39, 0.29) is 17.8 Å². The van der Waals surface area contributed by atoms with Crippen LogP contribution in [0.3, 0.4) is 0 Å². The maximum atomic E-state index is 10.1. The van der Waals surface area contributed by atoms with Gasteiger partial charge in [0.1, 0.15) is 5.88 Å². The van der Waals surface area contributed by atoms with E-state index in [0.29, 0.717) is 0 Å². The summed E-state index contributed by atoms with van der Waals surface area (Å²) < 4.78 is 0. The number of carbonyl (C=O) groups excluding carboxylic acids is 1. The fourth-order valence-corrected chi connectivity index (χ4v) is 0.365. The lowest BCUT2D eigenvalue weighted by atomic mass is 10.7. The standard InChI is InChI=1S/C3H5Cl2NO/c4-1-3(7)6-2-5/h1-2H2,(H,6,7). The number of rotatable bonds is 2. The summed E-state index contributed by atoms with van der Waals surface area (Å²) in [4.78, 5) is 10.1. The second-order valence-electron chi connectivity index (χ2n) is 0.867. The van der Waals surface area contributed by atoms with Crippen LogP contribution < -0.4 is 5.32 Å². The molecular formula is C3H5Cl2NO. The van der Waals surface area contributed by atoms with Crippen molar-refractivity contribution in [3.63, 3.8) is 0 Å². The third kappa shape index (κ3) is 3.89. The third-order valence-electron chi connectivity index (χ3n) is 0.385. The van der Waals surface area contributed by atoms with Gasteiger partial charge in [0.05, 0.1) is 6.00 Å². The van der Waals surface area contributed by atoms with E-state index in [1.807, 2.05) is 0 Å².